The van der Waals surface area contributed by atoms with Crippen LogP contribution in [-0.2, 0) is 17.6 Å². The van der Waals surface area contributed by atoms with Gasteiger partial charge < -0.3 is 10.1 Å². The first-order valence-electron chi connectivity index (χ1n) is 7.67. The third kappa shape index (κ3) is 2.91. The van der Waals surface area contributed by atoms with Gasteiger partial charge in [-0.05, 0) is 56.6 Å². The van der Waals surface area contributed by atoms with Crippen molar-refractivity contribution in [2.45, 2.75) is 58.1 Å². The van der Waals surface area contributed by atoms with Gasteiger partial charge in [-0.25, -0.2) is 0 Å². The largest absolute Gasteiger partial charge is 0.376 e. The molecule has 3 nitrogen and oxygen atoms in total. The molecule has 1 fully saturated rings. The Kier molecular flexibility index (Phi) is 4.13. The lowest BCUT2D eigenvalue weighted by atomic mass is 9.90. The van der Waals surface area contributed by atoms with E-state index in [9.17, 15) is 4.79 Å². The molecule has 2 heterocycles. The number of fused-ring (bicyclic) bond motifs is 1. The number of nitrogens with one attached hydrogen (secondary N) is 1. The second-order valence-corrected chi connectivity index (χ2v) is 7.36. The summed E-state index contributed by atoms with van der Waals surface area (Å²) < 4.78 is 5.64. The summed E-state index contributed by atoms with van der Waals surface area (Å²) in [6.07, 6.45) is 5.86. The van der Waals surface area contributed by atoms with Gasteiger partial charge in [0, 0.05) is 11.5 Å². The molecule has 110 valence electrons. The van der Waals surface area contributed by atoms with Crippen LogP contribution >= 0.6 is 11.3 Å². The molecule has 1 amide bonds. The van der Waals surface area contributed by atoms with Crippen molar-refractivity contribution in [3.05, 3.63) is 21.4 Å². The van der Waals surface area contributed by atoms with Crippen molar-refractivity contribution in [3.8, 4) is 0 Å². The summed E-state index contributed by atoms with van der Waals surface area (Å²) in [6.45, 7) is 5.17. The normalized spacial score (nSPS) is 27.1. The average Bonchev–Trinajstić information content (AvgIpc) is 3.07. The molecule has 20 heavy (non-hydrogen) atoms. The second-order valence-electron chi connectivity index (χ2n) is 6.22. The van der Waals surface area contributed by atoms with Crippen molar-refractivity contribution in [2.24, 2.45) is 5.92 Å². The van der Waals surface area contributed by atoms with Crippen LogP contribution in [0.4, 0.5) is 0 Å². The third-order valence-corrected chi connectivity index (χ3v) is 5.67. The minimum absolute atomic E-state index is 0.0695. The smallest absolute Gasteiger partial charge is 0.261 e. The molecular weight excluding hydrogens is 270 g/mol. The Hall–Kier alpha value is -0.870. The van der Waals surface area contributed by atoms with Gasteiger partial charge in [0.05, 0.1) is 17.0 Å². The first-order valence-corrected chi connectivity index (χ1v) is 8.49. The third-order valence-electron chi connectivity index (χ3n) is 4.43. The van der Waals surface area contributed by atoms with Crippen LogP contribution in [0.15, 0.2) is 6.07 Å². The van der Waals surface area contributed by atoms with E-state index >= 15 is 0 Å². The van der Waals surface area contributed by atoms with Crippen LogP contribution in [0.25, 0.3) is 0 Å². The zero-order valence-corrected chi connectivity index (χ0v) is 13.1. The lowest BCUT2D eigenvalue weighted by molar-refractivity contribution is 0.0714. The van der Waals surface area contributed by atoms with Crippen LogP contribution in [0.1, 0.15) is 53.2 Å². The molecule has 1 aliphatic heterocycles. The molecule has 1 N–H and O–H groups in total. The van der Waals surface area contributed by atoms with E-state index in [1.165, 1.54) is 16.9 Å². The highest BCUT2D eigenvalue weighted by molar-refractivity contribution is 7.14. The van der Waals surface area contributed by atoms with Crippen molar-refractivity contribution < 1.29 is 9.53 Å². The number of hydrogen-bond donors (Lipinski definition) is 1. The van der Waals surface area contributed by atoms with Gasteiger partial charge in [-0.3, -0.25) is 4.79 Å². The maximum atomic E-state index is 12.4. The minimum atomic E-state index is 0.0695. The highest BCUT2D eigenvalue weighted by Gasteiger charge is 2.26. The van der Waals surface area contributed by atoms with E-state index in [0.29, 0.717) is 0 Å². The predicted octanol–water partition coefficient (Wildman–Crippen LogP) is 3.17. The van der Waals surface area contributed by atoms with Crippen LogP contribution in [0, 0.1) is 5.92 Å². The van der Waals surface area contributed by atoms with E-state index in [2.05, 4.69) is 18.3 Å². The zero-order valence-electron chi connectivity index (χ0n) is 12.3. The Bertz CT molecular complexity index is 491. The molecule has 0 spiro atoms. The lowest BCUT2D eigenvalue weighted by Gasteiger charge is -2.19. The molecule has 1 aliphatic carbocycles. The van der Waals surface area contributed by atoms with Crippen LogP contribution in [0.2, 0.25) is 0 Å². The van der Waals surface area contributed by atoms with Crippen LogP contribution < -0.4 is 5.32 Å². The monoisotopic (exact) mass is 293 g/mol. The summed E-state index contributed by atoms with van der Waals surface area (Å²) in [5.74, 6) is 0.818. The Morgan fingerprint density at radius 3 is 3.10 bits per heavy atom. The molecule has 3 atom stereocenters. The molecule has 1 saturated heterocycles. The topological polar surface area (TPSA) is 38.3 Å². The standard InChI is InChI=1S/C16H23NO2S/c1-10-5-6-14-12(8-10)9-15(20-14)16(18)17-11(2)13-4-3-7-19-13/h9-11,13H,3-8H2,1-2H3,(H,17,18)/t10-,11+,13-/m0/s1. The van der Waals surface area contributed by atoms with Crippen molar-refractivity contribution in [1.82, 2.24) is 5.32 Å². The minimum Gasteiger partial charge on any atom is -0.376 e. The fraction of sp³-hybridized carbons (Fsp3) is 0.688. The molecule has 0 radical (unpaired) electrons. The summed E-state index contributed by atoms with van der Waals surface area (Å²) in [6, 6.07) is 2.20. The van der Waals surface area contributed by atoms with Crippen molar-refractivity contribution in [2.75, 3.05) is 6.61 Å². The van der Waals surface area contributed by atoms with Crippen LogP contribution in [0.5, 0.6) is 0 Å². The molecule has 4 heteroatoms. The number of rotatable bonds is 3. The van der Waals surface area contributed by atoms with Gasteiger partial charge in [-0.2, -0.15) is 0 Å². The molecule has 0 saturated carbocycles. The molecule has 0 unspecified atom stereocenters. The fourth-order valence-electron chi connectivity index (χ4n) is 3.19. The number of hydrogen-bond acceptors (Lipinski definition) is 3. The fourth-order valence-corrected chi connectivity index (χ4v) is 4.30. The Morgan fingerprint density at radius 2 is 2.35 bits per heavy atom. The number of aryl methyl sites for hydroxylation is 1. The summed E-state index contributed by atoms with van der Waals surface area (Å²) in [7, 11) is 0. The van der Waals surface area contributed by atoms with Gasteiger partial charge in [-0.15, -0.1) is 11.3 Å². The SMILES string of the molecule is C[C@H]1CCc2sc(C(=O)N[C@H](C)[C@@H]3CCCO3)cc2C1. The predicted molar refractivity (Wildman–Crippen MR) is 81.4 cm³/mol. The van der Waals surface area contributed by atoms with Crippen LogP contribution in [-0.4, -0.2) is 24.7 Å². The van der Waals surface area contributed by atoms with Gasteiger partial charge in [0.1, 0.15) is 0 Å². The first kappa shape index (κ1) is 14.1. The Balaban J connectivity index is 1.65. The number of carbonyl (C=O) groups is 1. The van der Waals surface area contributed by atoms with Crippen molar-refractivity contribution in [3.63, 3.8) is 0 Å². The highest BCUT2D eigenvalue weighted by atomic mass is 32.1. The molecule has 2 aliphatic rings. The molecule has 0 bridgehead atoms. The van der Waals surface area contributed by atoms with E-state index < -0.39 is 0 Å². The average molecular weight is 293 g/mol. The first-order chi connectivity index (χ1) is 9.63. The Morgan fingerprint density at radius 1 is 1.50 bits per heavy atom. The maximum Gasteiger partial charge on any atom is 0.261 e. The second kappa shape index (κ2) is 5.86. The van der Waals surface area contributed by atoms with Gasteiger partial charge in [0.25, 0.3) is 5.91 Å². The molecule has 1 aromatic rings. The quantitative estimate of drug-likeness (QED) is 0.929. The maximum absolute atomic E-state index is 12.4. The molecule has 1 aromatic heterocycles. The van der Waals surface area contributed by atoms with E-state index in [0.717, 1.165) is 43.1 Å². The van der Waals surface area contributed by atoms with Gasteiger partial charge in [0.2, 0.25) is 0 Å². The molecular formula is C16H23NO2S. The zero-order chi connectivity index (χ0) is 14.1. The lowest BCUT2D eigenvalue weighted by Crippen LogP contribution is -2.40. The summed E-state index contributed by atoms with van der Waals surface area (Å²) >= 11 is 1.68. The molecule has 0 aromatic carbocycles. The summed E-state index contributed by atoms with van der Waals surface area (Å²) in [5.41, 5.74) is 1.39. The number of carbonyl (C=O) groups excluding carboxylic acids is 1. The highest BCUT2D eigenvalue weighted by Crippen LogP contribution is 2.32. The van der Waals surface area contributed by atoms with E-state index in [4.69, 9.17) is 4.74 Å². The van der Waals surface area contributed by atoms with Crippen molar-refractivity contribution in [1.29, 1.82) is 0 Å². The van der Waals surface area contributed by atoms with Gasteiger partial charge in [-0.1, -0.05) is 6.92 Å². The Labute approximate surface area is 124 Å². The molecule has 3 rings (SSSR count). The summed E-state index contributed by atoms with van der Waals surface area (Å²) in [4.78, 5) is 14.6. The van der Waals surface area contributed by atoms with Gasteiger partial charge >= 0.3 is 0 Å². The number of ether oxygens (including phenoxy) is 1. The number of amides is 1. The van der Waals surface area contributed by atoms with Crippen LogP contribution in [0.3, 0.4) is 0 Å². The van der Waals surface area contributed by atoms with E-state index in [-0.39, 0.29) is 18.1 Å². The summed E-state index contributed by atoms with van der Waals surface area (Å²) in [5, 5.41) is 3.10. The van der Waals surface area contributed by atoms with E-state index in [1.807, 2.05) is 6.92 Å². The van der Waals surface area contributed by atoms with E-state index in [1.54, 1.807) is 11.3 Å². The van der Waals surface area contributed by atoms with Crippen molar-refractivity contribution >= 4 is 17.2 Å². The van der Waals surface area contributed by atoms with Gasteiger partial charge in [0.15, 0.2) is 0 Å². The number of thiophene rings is 1.